The quantitative estimate of drug-likeness (QED) is 0.437. The summed E-state index contributed by atoms with van der Waals surface area (Å²) in [6.45, 7) is 0.972. The van der Waals surface area contributed by atoms with E-state index in [2.05, 4.69) is 10.9 Å². The van der Waals surface area contributed by atoms with E-state index in [0.717, 1.165) is 17.3 Å². The molecule has 0 atom stereocenters. The number of hydrogen-bond acceptors (Lipinski definition) is 7. The lowest BCUT2D eigenvalue weighted by molar-refractivity contribution is -0.131. The number of amides is 3. The van der Waals surface area contributed by atoms with Crippen molar-refractivity contribution in [1.82, 2.24) is 15.8 Å². The topological polar surface area (TPSA) is 97.0 Å². The highest BCUT2D eigenvalue weighted by Crippen LogP contribution is 2.34. The monoisotopic (exact) mass is 395 g/mol. The number of carbonyl (C=O) groups excluding carboxylic acids is 3. The van der Waals surface area contributed by atoms with E-state index in [1.807, 2.05) is 0 Å². The summed E-state index contributed by atoms with van der Waals surface area (Å²) in [5.41, 5.74) is 5.08. The fourth-order valence-electron chi connectivity index (χ4n) is 2.07. The molecule has 0 spiro atoms. The van der Waals surface area contributed by atoms with Crippen molar-refractivity contribution >= 4 is 52.1 Å². The first-order valence-electron chi connectivity index (χ1n) is 7.38. The molecule has 1 aromatic carbocycles. The predicted octanol–water partition coefficient (Wildman–Crippen LogP) is 1.07. The predicted molar refractivity (Wildman–Crippen MR) is 101 cm³/mol. The summed E-state index contributed by atoms with van der Waals surface area (Å²) in [4.78, 5) is 36.6. The number of rotatable bonds is 5. The molecule has 1 aromatic rings. The molecule has 0 bridgehead atoms. The Hall–Kier alpha value is -2.59. The molecule has 0 aromatic heterocycles. The van der Waals surface area contributed by atoms with Crippen LogP contribution >= 0.6 is 24.0 Å². The van der Waals surface area contributed by atoms with Gasteiger partial charge in [0.25, 0.3) is 11.8 Å². The van der Waals surface area contributed by atoms with Gasteiger partial charge in [-0.15, -0.1) is 0 Å². The van der Waals surface area contributed by atoms with Gasteiger partial charge in [0, 0.05) is 6.92 Å². The van der Waals surface area contributed by atoms with Crippen molar-refractivity contribution in [1.29, 1.82) is 0 Å². The van der Waals surface area contributed by atoms with Crippen LogP contribution in [0.3, 0.4) is 0 Å². The van der Waals surface area contributed by atoms with Crippen LogP contribution < -0.4 is 20.3 Å². The summed E-state index contributed by atoms with van der Waals surface area (Å²) in [5.74, 6) is -0.244. The largest absolute Gasteiger partial charge is 0.493 e. The maximum Gasteiger partial charge on any atom is 0.266 e. The van der Waals surface area contributed by atoms with Crippen molar-refractivity contribution in [2.45, 2.75) is 6.92 Å². The van der Waals surface area contributed by atoms with Gasteiger partial charge in [0.15, 0.2) is 11.5 Å². The molecule has 2 rings (SSSR count). The summed E-state index contributed by atoms with van der Waals surface area (Å²) >= 11 is 6.26. The van der Waals surface area contributed by atoms with E-state index in [9.17, 15) is 14.4 Å². The molecule has 1 saturated heterocycles. The first-order valence-corrected chi connectivity index (χ1v) is 8.61. The van der Waals surface area contributed by atoms with E-state index < -0.39 is 11.8 Å². The third kappa shape index (κ3) is 4.73. The highest BCUT2D eigenvalue weighted by atomic mass is 32.2. The summed E-state index contributed by atoms with van der Waals surface area (Å²) < 4.78 is 10.7. The Kier molecular flexibility index (Phi) is 6.58. The van der Waals surface area contributed by atoms with Crippen LogP contribution in [0.1, 0.15) is 12.5 Å². The van der Waals surface area contributed by atoms with Crippen LogP contribution in [0.5, 0.6) is 11.5 Å². The second kappa shape index (κ2) is 8.68. The van der Waals surface area contributed by atoms with Crippen LogP contribution in [0.4, 0.5) is 0 Å². The molecule has 1 heterocycles. The number of ether oxygens (including phenoxy) is 2. The SMILES string of the molecule is COc1ccc(C=C2SC(=S)N(CC(=O)NNC(C)=O)C2=O)cc1OC. The fraction of sp³-hybridized carbons (Fsp3) is 0.250. The van der Waals surface area contributed by atoms with E-state index in [1.165, 1.54) is 26.0 Å². The lowest BCUT2D eigenvalue weighted by Gasteiger charge is -2.14. The molecular formula is C16H17N3O5S2. The molecule has 0 saturated carbocycles. The zero-order chi connectivity index (χ0) is 19.3. The molecule has 0 aliphatic carbocycles. The van der Waals surface area contributed by atoms with Crippen LogP contribution in [-0.2, 0) is 14.4 Å². The van der Waals surface area contributed by atoms with Crippen LogP contribution in [0.25, 0.3) is 6.08 Å². The van der Waals surface area contributed by atoms with E-state index in [1.54, 1.807) is 24.3 Å². The number of thioether (sulfide) groups is 1. The highest BCUT2D eigenvalue weighted by molar-refractivity contribution is 8.26. The Morgan fingerprint density at radius 3 is 2.54 bits per heavy atom. The minimum absolute atomic E-state index is 0.264. The van der Waals surface area contributed by atoms with Gasteiger partial charge in [-0.3, -0.25) is 30.1 Å². The zero-order valence-electron chi connectivity index (χ0n) is 14.3. The van der Waals surface area contributed by atoms with Gasteiger partial charge >= 0.3 is 0 Å². The number of methoxy groups -OCH3 is 2. The second-order valence-corrected chi connectivity index (χ2v) is 6.79. The molecular weight excluding hydrogens is 378 g/mol. The van der Waals surface area contributed by atoms with Crippen LogP contribution in [0, 0.1) is 0 Å². The average molecular weight is 395 g/mol. The zero-order valence-corrected chi connectivity index (χ0v) is 16.0. The van der Waals surface area contributed by atoms with Crippen molar-refractivity contribution in [2.75, 3.05) is 20.8 Å². The summed E-state index contributed by atoms with van der Waals surface area (Å²) in [6.07, 6.45) is 1.66. The van der Waals surface area contributed by atoms with Gasteiger partial charge < -0.3 is 9.47 Å². The number of hydrazine groups is 1. The minimum atomic E-state index is -0.552. The molecule has 10 heteroatoms. The standard InChI is InChI=1S/C16H17N3O5S2/c1-9(20)17-18-14(21)8-19-15(22)13(26-16(19)25)7-10-4-5-11(23-2)12(6-10)24-3/h4-7H,8H2,1-3H3,(H,17,20)(H,18,21). The Morgan fingerprint density at radius 1 is 1.23 bits per heavy atom. The summed E-state index contributed by atoms with van der Waals surface area (Å²) in [5, 5.41) is 0. The van der Waals surface area contributed by atoms with E-state index in [-0.39, 0.29) is 16.8 Å². The maximum absolute atomic E-state index is 12.5. The lowest BCUT2D eigenvalue weighted by Crippen LogP contribution is -2.46. The Balaban J connectivity index is 2.13. The van der Waals surface area contributed by atoms with Gasteiger partial charge in [0.1, 0.15) is 10.9 Å². The Labute approximate surface area is 159 Å². The number of hydrogen-bond donors (Lipinski definition) is 2. The van der Waals surface area contributed by atoms with E-state index in [4.69, 9.17) is 21.7 Å². The normalized spacial score (nSPS) is 15.2. The van der Waals surface area contributed by atoms with Crippen molar-refractivity contribution < 1.29 is 23.9 Å². The van der Waals surface area contributed by atoms with Crippen LogP contribution in [0.2, 0.25) is 0 Å². The molecule has 1 aliphatic heterocycles. The third-order valence-corrected chi connectivity index (χ3v) is 4.64. The molecule has 1 fully saturated rings. The van der Waals surface area contributed by atoms with E-state index >= 15 is 0 Å². The molecule has 1 aliphatic rings. The van der Waals surface area contributed by atoms with Crippen LogP contribution in [0.15, 0.2) is 23.1 Å². The van der Waals surface area contributed by atoms with Gasteiger partial charge in [-0.2, -0.15) is 0 Å². The molecule has 138 valence electrons. The second-order valence-electron chi connectivity index (χ2n) is 5.11. The first-order chi connectivity index (χ1) is 12.3. The van der Waals surface area contributed by atoms with Crippen molar-refractivity contribution in [2.24, 2.45) is 0 Å². The molecule has 8 nitrogen and oxygen atoms in total. The first kappa shape index (κ1) is 19.7. The number of thiocarbonyl (C=S) groups is 1. The fourth-order valence-corrected chi connectivity index (χ4v) is 3.33. The highest BCUT2D eigenvalue weighted by Gasteiger charge is 2.33. The van der Waals surface area contributed by atoms with Crippen LogP contribution in [-0.4, -0.2) is 47.7 Å². The average Bonchev–Trinajstić information content (AvgIpc) is 2.87. The van der Waals surface area contributed by atoms with Gasteiger partial charge in [-0.1, -0.05) is 30.0 Å². The number of carbonyl (C=O) groups is 3. The third-order valence-electron chi connectivity index (χ3n) is 3.26. The Bertz CT molecular complexity index is 794. The van der Waals surface area contributed by atoms with Gasteiger partial charge in [0.05, 0.1) is 19.1 Å². The molecule has 0 radical (unpaired) electrons. The van der Waals surface area contributed by atoms with Gasteiger partial charge in [0.2, 0.25) is 5.91 Å². The maximum atomic E-state index is 12.5. The molecule has 26 heavy (non-hydrogen) atoms. The van der Waals surface area contributed by atoms with Crippen molar-refractivity contribution in [3.63, 3.8) is 0 Å². The molecule has 2 N–H and O–H groups in total. The van der Waals surface area contributed by atoms with Gasteiger partial charge in [-0.25, -0.2) is 0 Å². The van der Waals surface area contributed by atoms with E-state index in [0.29, 0.717) is 16.4 Å². The number of nitrogens with zero attached hydrogens (tertiary/aromatic N) is 1. The van der Waals surface area contributed by atoms with Crippen molar-refractivity contribution in [3.05, 3.63) is 28.7 Å². The summed E-state index contributed by atoms with van der Waals surface area (Å²) in [6, 6.07) is 5.23. The minimum Gasteiger partial charge on any atom is -0.493 e. The summed E-state index contributed by atoms with van der Waals surface area (Å²) in [7, 11) is 3.06. The molecule has 0 unspecified atom stereocenters. The van der Waals surface area contributed by atoms with Crippen molar-refractivity contribution in [3.8, 4) is 11.5 Å². The lowest BCUT2D eigenvalue weighted by atomic mass is 10.2. The van der Waals surface area contributed by atoms with Gasteiger partial charge in [-0.05, 0) is 23.8 Å². The smallest absolute Gasteiger partial charge is 0.266 e. The molecule has 3 amide bonds. The number of benzene rings is 1. The number of nitrogens with one attached hydrogen (secondary N) is 2. The Morgan fingerprint density at radius 2 is 1.92 bits per heavy atom.